The van der Waals surface area contributed by atoms with E-state index in [1.54, 1.807) is 0 Å². The third-order valence-corrected chi connectivity index (χ3v) is 3.97. The normalized spacial score (nSPS) is 19.4. The smallest absolute Gasteiger partial charge is 0.0446 e. The SMILES string of the molecule is CNC(CN1CCCCCC1)c1ccc(C)cc1. The molecule has 1 fully saturated rings. The monoisotopic (exact) mass is 246 g/mol. The number of hydrogen-bond acceptors (Lipinski definition) is 2. The van der Waals surface area contributed by atoms with Gasteiger partial charge >= 0.3 is 0 Å². The molecule has 18 heavy (non-hydrogen) atoms. The highest BCUT2D eigenvalue weighted by Gasteiger charge is 2.15. The maximum Gasteiger partial charge on any atom is 0.0446 e. The van der Waals surface area contributed by atoms with Gasteiger partial charge < -0.3 is 10.2 Å². The van der Waals surface area contributed by atoms with Crippen LogP contribution in [0.2, 0.25) is 0 Å². The maximum atomic E-state index is 3.46. The van der Waals surface area contributed by atoms with Crippen LogP contribution in [0.5, 0.6) is 0 Å². The Morgan fingerprint density at radius 3 is 2.22 bits per heavy atom. The number of nitrogens with zero attached hydrogens (tertiary/aromatic N) is 1. The van der Waals surface area contributed by atoms with E-state index in [0.29, 0.717) is 6.04 Å². The van der Waals surface area contributed by atoms with Crippen LogP contribution in [-0.2, 0) is 0 Å². The molecule has 1 saturated heterocycles. The van der Waals surface area contributed by atoms with Crippen LogP contribution in [0.3, 0.4) is 0 Å². The Morgan fingerprint density at radius 2 is 1.67 bits per heavy atom. The molecule has 0 amide bonds. The van der Waals surface area contributed by atoms with Crippen molar-refractivity contribution in [1.29, 1.82) is 0 Å². The summed E-state index contributed by atoms with van der Waals surface area (Å²) in [6.45, 7) is 5.82. The van der Waals surface area contributed by atoms with Gasteiger partial charge in [-0.3, -0.25) is 0 Å². The standard InChI is InChI=1S/C16H26N2/c1-14-7-9-15(10-8-14)16(17-2)13-18-11-5-3-4-6-12-18/h7-10,16-17H,3-6,11-13H2,1-2H3. The second-order valence-corrected chi connectivity index (χ2v) is 5.47. The topological polar surface area (TPSA) is 15.3 Å². The second-order valence-electron chi connectivity index (χ2n) is 5.47. The third kappa shape index (κ3) is 3.82. The van der Waals surface area contributed by atoms with Crippen molar-refractivity contribution in [2.45, 2.75) is 38.6 Å². The highest BCUT2D eigenvalue weighted by Crippen LogP contribution is 2.17. The Labute approximate surface area is 111 Å². The van der Waals surface area contributed by atoms with E-state index < -0.39 is 0 Å². The van der Waals surface area contributed by atoms with Crippen molar-refractivity contribution in [2.75, 3.05) is 26.7 Å². The van der Waals surface area contributed by atoms with Crippen LogP contribution >= 0.6 is 0 Å². The highest BCUT2D eigenvalue weighted by atomic mass is 15.1. The van der Waals surface area contributed by atoms with E-state index in [9.17, 15) is 0 Å². The molecule has 0 saturated carbocycles. The molecule has 1 unspecified atom stereocenters. The van der Waals surface area contributed by atoms with Gasteiger partial charge in [0, 0.05) is 12.6 Å². The molecule has 1 aromatic carbocycles. The number of likely N-dealkylation sites (tertiary alicyclic amines) is 1. The van der Waals surface area contributed by atoms with Gasteiger partial charge in [-0.15, -0.1) is 0 Å². The second kappa shape index (κ2) is 6.91. The Bertz CT molecular complexity index is 337. The van der Waals surface area contributed by atoms with Gasteiger partial charge in [0.2, 0.25) is 0 Å². The molecule has 0 aliphatic carbocycles. The van der Waals surface area contributed by atoms with E-state index in [4.69, 9.17) is 0 Å². The van der Waals surface area contributed by atoms with Gasteiger partial charge in [0.1, 0.15) is 0 Å². The molecule has 2 rings (SSSR count). The molecule has 1 N–H and O–H groups in total. The molecular formula is C16H26N2. The fourth-order valence-corrected chi connectivity index (χ4v) is 2.74. The fourth-order valence-electron chi connectivity index (χ4n) is 2.74. The van der Waals surface area contributed by atoms with Crippen LogP contribution in [0.25, 0.3) is 0 Å². The van der Waals surface area contributed by atoms with Crippen molar-refractivity contribution in [3.63, 3.8) is 0 Å². The quantitative estimate of drug-likeness (QED) is 0.878. The van der Waals surface area contributed by atoms with Gasteiger partial charge in [-0.1, -0.05) is 42.7 Å². The number of likely N-dealkylation sites (N-methyl/N-ethyl adjacent to an activating group) is 1. The summed E-state index contributed by atoms with van der Waals surface area (Å²) in [6, 6.07) is 9.40. The average molecular weight is 246 g/mol. The molecule has 1 heterocycles. The zero-order valence-electron chi connectivity index (χ0n) is 11.8. The molecule has 0 radical (unpaired) electrons. The molecule has 0 aromatic heterocycles. The Kier molecular flexibility index (Phi) is 5.21. The lowest BCUT2D eigenvalue weighted by Gasteiger charge is -2.26. The summed E-state index contributed by atoms with van der Waals surface area (Å²) in [5, 5.41) is 3.46. The summed E-state index contributed by atoms with van der Waals surface area (Å²) in [5.74, 6) is 0. The van der Waals surface area contributed by atoms with Crippen molar-refractivity contribution >= 4 is 0 Å². The molecule has 100 valence electrons. The number of benzene rings is 1. The maximum absolute atomic E-state index is 3.46. The largest absolute Gasteiger partial charge is 0.312 e. The molecule has 0 bridgehead atoms. The lowest BCUT2D eigenvalue weighted by molar-refractivity contribution is 0.255. The van der Waals surface area contributed by atoms with Crippen LogP contribution in [0, 0.1) is 6.92 Å². The first-order valence-electron chi connectivity index (χ1n) is 7.26. The predicted molar refractivity (Wildman–Crippen MR) is 77.9 cm³/mol. The molecule has 2 heteroatoms. The minimum Gasteiger partial charge on any atom is -0.312 e. The fraction of sp³-hybridized carbons (Fsp3) is 0.625. The summed E-state index contributed by atoms with van der Waals surface area (Å²) in [7, 11) is 2.07. The van der Waals surface area contributed by atoms with Gasteiger partial charge in [0.25, 0.3) is 0 Å². The lowest BCUT2D eigenvalue weighted by Crippen LogP contribution is -2.34. The van der Waals surface area contributed by atoms with Gasteiger partial charge in [0.15, 0.2) is 0 Å². The van der Waals surface area contributed by atoms with Crippen molar-refractivity contribution < 1.29 is 0 Å². The van der Waals surface area contributed by atoms with Gasteiger partial charge in [-0.25, -0.2) is 0 Å². The molecule has 2 nitrogen and oxygen atoms in total. The van der Waals surface area contributed by atoms with Crippen molar-refractivity contribution in [1.82, 2.24) is 10.2 Å². The lowest BCUT2D eigenvalue weighted by atomic mass is 10.0. The zero-order valence-corrected chi connectivity index (χ0v) is 11.8. The van der Waals surface area contributed by atoms with Crippen LogP contribution in [0.1, 0.15) is 42.9 Å². The van der Waals surface area contributed by atoms with Gasteiger partial charge in [-0.2, -0.15) is 0 Å². The Balaban J connectivity index is 1.97. The van der Waals surface area contributed by atoms with E-state index >= 15 is 0 Å². The van der Waals surface area contributed by atoms with E-state index in [1.807, 2.05) is 0 Å². The molecular weight excluding hydrogens is 220 g/mol. The average Bonchev–Trinajstić information content (AvgIpc) is 2.66. The van der Waals surface area contributed by atoms with Crippen molar-refractivity contribution in [3.8, 4) is 0 Å². The van der Waals surface area contributed by atoms with Gasteiger partial charge in [0.05, 0.1) is 0 Å². The summed E-state index contributed by atoms with van der Waals surface area (Å²) in [4.78, 5) is 2.62. The first-order chi connectivity index (χ1) is 8.79. The minimum atomic E-state index is 0.462. The first kappa shape index (κ1) is 13.6. The number of aryl methyl sites for hydroxylation is 1. The highest BCUT2D eigenvalue weighted by molar-refractivity contribution is 5.24. The third-order valence-electron chi connectivity index (χ3n) is 3.97. The van der Waals surface area contributed by atoms with E-state index in [1.165, 1.54) is 49.9 Å². The molecule has 1 atom stereocenters. The first-order valence-corrected chi connectivity index (χ1v) is 7.26. The van der Waals surface area contributed by atoms with Crippen LogP contribution in [0.4, 0.5) is 0 Å². The van der Waals surface area contributed by atoms with Crippen LogP contribution in [0.15, 0.2) is 24.3 Å². The Morgan fingerprint density at radius 1 is 1.06 bits per heavy atom. The van der Waals surface area contributed by atoms with E-state index in [2.05, 4.69) is 48.5 Å². The van der Waals surface area contributed by atoms with Gasteiger partial charge in [-0.05, 0) is 45.5 Å². The summed E-state index contributed by atoms with van der Waals surface area (Å²) in [6.07, 6.45) is 5.55. The number of hydrogen-bond donors (Lipinski definition) is 1. The van der Waals surface area contributed by atoms with Crippen molar-refractivity contribution in [2.24, 2.45) is 0 Å². The molecule has 1 aliphatic rings. The van der Waals surface area contributed by atoms with Crippen LogP contribution < -0.4 is 5.32 Å². The summed E-state index contributed by atoms with van der Waals surface area (Å²) in [5.41, 5.74) is 2.75. The molecule has 0 spiro atoms. The molecule has 1 aliphatic heterocycles. The Hall–Kier alpha value is -0.860. The number of nitrogens with one attached hydrogen (secondary N) is 1. The summed E-state index contributed by atoms with van der Waals surface area (Å²) >= 11 is 0. The molecule has 1 aromatic rings. The van der Waals surface area contributed by atoms with Crippen molar-refractivity contribution in [3.05, 3.63) is 35.4 Å². The summed E-state index contributed by atoms with van der Waals surface area (Å²) < 4.78 is 0. The van der Waals surface area contributed by atoms with E-state index in [0.717, 1.165) is 6.54 Å². The predicted octanol–water partition coefficient (Wildman–Crippen LogP) is 3.13. The van der Waals surface area contributed by atoms with Crippen LogP contribution in [-0.4, -0.2) is 31.6 Å². The number of rotatable bonds is 4. The van der Waals surface area contributed by atoms with E-state index in [-0.39, 0.29) is 0 Å². The minimum absolute atomic E-state index is 0.462. The zero-order chi connectivity index (χ0) is 12.8.